The molecule has 0 fully saturated rings. The quantitative estimate of drug-likeness (QED) is 0.451. The summed E-state index contributed by atoms with van der Waals surface area (Å²) in [7, 11) is -2.73. The monoisotopic (exact) mass is 456 g/mol. The highest BCUT2D eigenvalue weighted by molar-refractivity contribution is 7.92. The van der Waals surface area contributed by atoms with Gasteiger partial charge in [0.25, 0.3) is 5.91 Å². The van der Waals surface area contributed by atoms with Crippen LogP contribution in [0.15, 0.2) is 63.8 Å². The Labute approximate surface area is 182 Å². The van der Waals surface area contributed by atoms with Gasteiger partial charge in [0.2, 0.25) is 0 Å². The molecular formula is C22H18F2N4O3S. The molecule has 1 unspecified atom stereocenters. The number of rotatable bonds is 5. The van der Waals surface area contributed by atoms with Crippen LogP contribution in [0.1, 0.15) is 12.5 Å². The van der Waals surface area contributed by atoms with Gasteiger partial charge in [-0.15, -0.1) is 0 Å². The summed E-state index contributed by atoms with van der Waals surface area (Å²) >= 11 is 0. The van der Waals surface area contributed by atoms with Crippen LogP contribution in [0.5, 0.6) is 0 Å². The van der Waals surface area contributed by atoms with Gasteiger partial charge in [-0.25, -0.2) is 23.0 Å². The number of carbonyl (C=O) groups excluding carboxylic acids is 1. The molecule has 4 rings (SSSR count). The van der Waals surface area contributed by atoms with E-state index in [0.29, 0.717) is 22.8 Å². The van der Waals surface area contributed by atoms with Crippen molar-refractivity contribution in [3.05, 3.63) is 72.3 Å². The van der Waals surface area contributed by atoms with Crippen molar-refractivity contribution in [3.63, 3.8) is 0 Å². The van der Waals surface area contributed by atoms with Crippen LogP contribution >= 0.6 is 0 Å². The van der Waals surface area contributed by atoms with E-state index >= 15 is 0 Å². The second kappa shape index (κ2) is 8.46. The smallest absolute Gasteiger partial charge is 0.250 e. The van der Waals surface area contributed by atoms with Crippen molar-refractivity contribution in [2.75, 3.05) is 11.6 Å². The van der Waals surface area contributed by atoms with Gasteiger partial charge in [-0.3, -0.25) is 4.79 Å². The van der Waals surface area contributed by atoms with Crippen LogP contribution in [0, 0.1) is 11.6 Å². The van der Waals surface area contributed by atoms with Crippen LogP contribution < -0.4 is 5.32 Å². The van der Waals surface area contributed by atoms with Crippen molar-refractivity contribution < 1.29 is 22.2 Å². The lowest BCUT2D eigenvalue weighted by Crippen LogP contribution is -2.05. The molecule has 0 aliphatic carbocycles. The molecule has 1 aromatic carbocycles. The number of nitrogens with one attached hydrogen (secondary N) is 1. The molecule has 3 aromatic heterocycles. The van der Waals surface area contributed by atoms with E-state index in [1.165, 1.54) is 49.9 Å². The number of benzene rings is 1. The van der Waals surface area contributed by atoms with Gasteiger partial charge in [0, 0.05) is 30.5 Å². The molecule has 164 valence electrons. The lowest BCUT2D eigenvalue weighted by atomic mass is 10.0. The Morgan fingerprint density at radius 1 is 1.09 bits per heavy atom. The summed E-state index contributed by atoms with van der Waals surface area (Å²) in [5, 5.41) is 3.23. The van der Waals surface area contributed by atoms with Crippen molar-refractivity contribution in [3.8, 4) is 11.1 Å². The molecule has 1 N–H and O–H groups in total. The van der Waals surface area contributed by atoms with Gasteiger partial charge < -0.3 is 9.73 Å². The van der Waals surface area contributed by atoms with E-state index in [4.69, 9.17) is 4.42 Å². The standard InChI is InChI=1S/C22H18F2N4O3S/c1-13(29)28-32(2,30)12-14-5-7-25-20(9-14)27-21-10-17(19(24)11-26-21)15-3-4-18(23)16-6-8-31-22(15)16/h3-11H,12H2,1-2H3,(H,25,26,27). The topological polar surface area (TPSA) is 97.5 Å². The van der Waals surface area contributed by atoms with Gasteiger partial charge in [-0.05, 0) is 42.0 Å². The van der Waals surface area contributed by atoms with Gasteiger partial charge >= 0.3 is 0 Å². The molecule has 7 nitrogen and oxygen atoms in total. The third-order valence-electron chi connectivity index (χ3n) is 4.55. The van der Waals surface area contributed by atoms with Gasteiger partial charge in [0.1, 0.15) is 28.9 Å². The molecule has 1 atom stereocenters. The van der Waals surface area contributed by atoms with Gasteiger partial charge in [-0.1, -0.05) is 0 Å². The number of anilines is 2. The van der Waals surface area contributed by atoms with Crippen LogP contribution in [-0.2, 0) is 20.3 Å². The first-order valence-corrected chi connectivity index (χ1v) is 11.5. The van der Waals surface area contributed by atoms with Gasteiger partial charge in [0.15, 0.2) is 0 Å². The number of nitrogens with zero attached hydrogens (tertiary/aromatic N) is 3. The number of hydrogen-bond acceptors (Lipinski definition) is 6. The van der Waals surface area contributed by atoms with Crippen LogP contribution in [-0.4, -0.2) is 26.3 Å². The number of aromatic nitrogens is 2. The second-order valence-electron chi connectivity index (χ2n) is 7.20. The average molecular weight is 456 g/mol. The number of amides is 1. The predicted octanol–water partition coefficient (Wildman–Crippen LogP) is 5.06. The Morgan fingerprint density at radius 3 is 2.66 bits per heavy atom. The summed E-state index contributed by atoms with van der Waals surface area (Å²) in [6.45, 7) is 1.25. The summed E-state index contributed by atoms with van der Waals surface area (Å²) in [5.41, 5.74) is 1.44. The van der Waals surface area contributed by atoms with E-state index in [-0.39, 0.29) is 22.3 Å². The second-order valence-corrected chi connectivity index (χ2v) is 9.59. The predicted molar refractivity (Wildman–Crippen MR) is 118 cm³/mol. The Morgan fingerprint density at radius 2 is 1.88 bits per heavy atom. The molecule has 4 aromatic rings. The molecule has 0 aliphatic rings. The first-order chi connectivity index (χ1) is 15.2. The van der Waals surface area contributed by atoms with Crippen molar-refractivity contribution in [2.24, 2.45) is 4.36 Å². The third-order valence-corrected chi connectivity index (χ3v) is 6.06. The summed E-state index contributed by atoms with van der Waals surface area (Å²) in [6.07, 6.45) is 5.31. The molecule has 0 bridgehead atoms. The highest BCUT2D eigenvalue weighted by atomic mass is 32.2. The fourth-order valence-electron chi connectivity index (χ4n) is 3.33. The Bertz CT molecular complexity index is 1460. The Hall–Kier alpha value is -3.66. The third kappa shape index (κ3) is 4.65. The Kier molecular flexibility index (Phi) is 5.70. The zero-order valence-corrected chi connectivity index (χ0v) is 18.0. The SMILES string of the molecule is CC(=O)N=S(C)(=O)Cc1ccnc(Nc2cc(-c3ccc(F)c4ccoc34)c(F)cn2)c1. The van der Waals surface area contributed by atoms with E-state index in [0.717, 1.165) is 6.20 Å². The molecule has 0 saturated carbocycles. The summed E-state index contributed by atoms with van der Waals surface area (Å²) in [5.74, 6) is -0.820. The minimum absolute atomic E-state index is 0.0674. The largest absolute Gasteiger partial charge is 0.464 e. The summed E-state index contributed by atoms with van der Waals surface area (Å²) < 4.78 is 50.0. The lowest BCUT2D eigenvalue weighted by Gasteiger charge is -2.10. The van der Waals surface area contributed by atoms with Crippen LogP contribution in [0.4, 0.5) is 20.4 Å². The van der Waals surface area contributed by atoms with E-state index in [1.54, 1.807) is 12.1 Å². The average Bonchev–Trinajstić information content (AvgIpc) is 3.20. The molecule has 10 heteroatoms. The summed E-state index contributed by atoms with van der Waals surface area (Å²) in [6, 6.07) is 8.95. The minimum atomic E-state index is -2.73. The zero-order chi connectivity index (χ0) is 22.9. The van der Waals surface area contributed by atoms with E-state index in [9.17, 15) is 17.8 Å². The van der Waals surface area contributed by atoms with Crippen molar-refractivity contribution in [1.82, 2.24) is 9.97 Å². The minimum Gasteiger partial charge on any atom is -0.464 e. The van der Waals surface area contributed by atoms with Crippen molar-refractivity contribution in [1.29, 1.82) is 0 Å². The van der Waals surface area contributed by atoms with E-state index in [1.807, 2.05) is 0 Å². The normalized spacial score (nSPS) is 13.0. The van der Waals surface area contributed by atoms with Gasteiger partial charge in [0.05, 0.1) is 33.3 Å². The number of pyridine rings is 2. The van der Waals surface area contributed by atoms with Crippen LogP contribution in [0.2, 0.25) is 0 Å². The van der Waals surface area contributed by atoms with Crippen LogP contribution in [0.3, 0.4) is 0 Å². The molecule has 0 saturated heterocycles. The fourth-order valence-corrected chi connectivity index (χ4v) is 4.74. The molecule has 0 spiro atoms. The maximum absolute atomic E-state index is 14.6. The van der Waals surface area contributed by atoms with E-state index < -0.39 is 27.3 Å². The first kappa shape index (κ1) is 21.6. The maximum atomic E-state index is 14.6. The number of fused-ring (bicyclic) bond motifs is 1. The number of carbonyl (C=O) groups is 1. The van der Waals surface area contributed by atoms with E-state index in [2.05, 4.69) is 19.6 Å². The fraction of sp³-hybridized carbons (Fsp3) is 0.136. The molecule has 0 radical (unpaired) electrons. The molecule has 3 heterocycles. The lowest BCUT2D eigenvalue weighted by molar-refractivity contribution is -0.115. The number of halogens is 2. The highest BCUT2D eigenvalue weighted by Gasteiger charge is 2.16. The number of hydrogen-bond donors (Lipinski definition) is 1. The van der Waals surface area contributed by atoms with Crippen molar-refractivity contribution >= 4 is 38.2 Å². The molecule has 0 aliphatic heterocycles. The van der Waals surface area contributed by atoms with Crippen molar-refractivity contribution in [2.45, 2.75) is 12.7 Å². The first-order valence-electron chi connectivity index (χ1n) is 9.46. The zero-order valence-electron chi connectivity index (χ0n) is 17.1. The summed E-state index contributed by atoms with van der Waals surface area (Å²) in [4.78, 5) is 19.4. The van der Waals surface area contributed by atoms with Gasteiger partial charge in [-0.2, -0.15) is 4.36 Å². The highest BCUT2D eigenvalue weighted by Crippen LogP contribution is 2.33. The Balaban J connectivity index is 1.66. The molecule has 32 heavy (non-hydrogen) atoms. The van der Waals surface area contributed by atoms with Crippen LogP contribution in [0.25, 0.3) is 22.1 Å². The molecular weight excluding hydrogens is 438 g/mol. The number of furan rings is 1. The maximum Gasteiger partial charge on any atom is 0.250 e. The molecule has 1 amide bonds.